The Labute approximate surface area is 294 Å². The van der Waals surface area contributed by atoms with Crippen molar-refractivity contribution in [3.05, 3.63) is 47.7 Å². The summed E-state index contributed by atoms with van der Waals surface area (Å²) < 4.78 is 58.9. The molecule has 51 heavy (non-hydrogen) atoms. The van der Waals surface area contributed by atoms with Crippen molar-refractivity contribution >= 4 is 33.6 Å². The van der Waals surface area contributed by atoms with Gasteiger partial charge in [-0.3, -0.25) is 14.9 Å². The van der Waals surface area contributed by atoms with Crippen LogP contribution in [0.25, 0.3) is 32.9 Å². The number of rotatable bonds is 6. The molecule has 6 heterocycles. The molecule has 4 aliphatic heterocycles. The quantitative estimate of drug-likeness (QED) is 0.225. The fraction of sp³-hybridized carbons (Fsp3) is 0.474. The first kappa shape index (κ1) is 33.5. The summed E-state index contributed by atoms with van der Waals surface area (Å²) in [5.41, 5.74) is 2.81. The first-order valence-corrected chi connectivity index (χ1v) is 17.9. The first-order valence-electron chi connectivity index (χ1n) is 17.9. The number of carbonyl (C=O) groups is 1. The number of halogens is 3. The van der Waals surface area contributed by atoms with Gasteiger partial charge in [-0.1, -0.05) is 18.4 Å². The van der Waals surface area contributed by atoms with E-state index in [0.717, 1.165) is 57.9 Å². The highest BCUT2D eigenvalue weighted by atomic mass is 19.1. The van der Waals surface area contributed by atoms with Crippen LogP contribution < -0.4 is 19.9 Å². The Morgan fingerprint density at radius 1 is 1.04 bits per heavy atom. The molecule has 1 N–H and O–H groups in total. The van der Waals surface area contributed by atoms with Crippen LogP contribution in [-0.4, -0.2) is 88.4 Å². The van der Waals surface area contributed by atoms with Gasteiger partial charge in [0.15, 0.2) is 11.6 Å². The largest absolute Gasteiger partial charge is 0.461 e. The van der Waals surface area contributed by atoms with Gasteiger partial charge in [0.05, 0.1) is 16.5 Å². The zero-order valence-electron chi connectivity index (χ0n) is 28.4. The van der Waals surface area contributed by atoms with Crippen molar-refractivity contribution in [3.63, 3.8) is 0 Å². The van der Waals surface area contributed by atoms with Crippen molar-refractivity contribution < 1.29 is 27.4 Å². The molecule has 4 aromatic rings. The van der Waals surface area contributed by atoms with E-state index in [0.29, 0.717) is 55.7 Å². The molecule has 0 radical (unpaired) electrons. The number of benzene rings is 2. The highest BCUT2D eigenvalue weighted by molar-refractivity contribution is 6.03. The van der Waals surface area contributed by atoms with Crippen LogP contribution in [0.15, 0.2) is 30.5 Å². The molecule has 0 saturated carbocycles. The molecule has 0 aliphatic carbocycles. The van der Waals surface area contributed by atoms with Crippen LogP contribution in [-0.2, 0) is 0 Å². The summed E-state index contributed by atoms with van der Waals surface area (Å²) in [6.07, 6.45) is 13.7. The fourth-order valence-corrected chi connectivity index (χ4v) is 8.21. The molecule has 0 unspecified atom stereocenters. The molecule has 2 aromatic heterocycles. The summed E-state index contributed by atoms with van der Waals surface area (Å²) in [5, 5.41) is 2.93. The molecule has 0 spiro atoms. The van der Waals surface area contributed by atoms with Crippen molar-refractivity contribution in [1.82, 2.24) is 30.2 Å². The minimum atomic E-state index is -0.934. The number of ether oxygens (including phenoxy) is 2. The Bertz CT molecular complexity index is 2030. The zero-order chi connectivity index (χ0) is 35.1. The van der Waals surface area contributed by atoms with E-state index < -0.39 is 29.4 Å². The van der Waals surface area contributed by atoms with E-state index in [1.165, 1.54) is 24.4 Å². The number of pyridine rings is 1. The van der Waals surface area contributed by atoms with Gasteiger partial charge in [0, 0.05) is 56.3 Å². The third kappa shape index (κ3) is 6.29. The van der Waals surface area contributed by atoms with Gasteiger partial charge >= 0.3 is 12.1 Å². The molecule has 1 amide bonds. The van der Waals surface area contributed by atoms with Crippen molar-refractivity contribution in [2.24, 2.45) is 0 Å². The summed E-state index contributed by atoms with van der Waals surface area (Å²) >= 11 is 0. The summed E-state index contributed by atoms with van der Waals surface area (Å²) in [6, 6.07) is 5.78. The maximum atomic E-state index is 17.2. The molecule has 4 aliphatic rings. The fourth-order valence-electron chi connectivity index (χ4n) is 8.21. The second-order valence-corrected chi connectivity index (χ2v) is 14.0. The minimum absolute atomic E-state index is 0.0347. The summed E-state index contributed by atoms with van der Waals surface area (Å²) in [7, 11) is 0. The average molecular weight is 700 g/mol. The predicted octanol–water partition coefficient (Wildman–Crippen LogP) is 6.54. The molecule has 10 nitrogen and oxygen atoms in total. The Morgan fingerprint density at radius 3 is 2.71 bits per heavy atom. The van der Waals surface area contributed by atoms with Crippen molar-refractivity contribution in [3.8, 4) is 35.4 Å². The average Bonchev–Trinajstić information content (AvgIpc) is 3.52. The van der Waals surface area contributed by atoms with Gasteiger partial charge in [0.25, 0.3) is 0 Å². The monoisotopic (exact) mass is 699 g/mol. The molecule has 266 valence electrons. The second kappa shape index (κ2) is 13.8. The van der Waals surface area contributed by atoms with Crippen LogP contribution >= 0.6 is 0 Å². The Balaban J connectivity index is 1.25. The number of anilines is 1. The normalized spacial score (nSPS) is 22.6. The minimum Gasteiger partial charge on any atom is -0.461 e. The van der Waals surface area contributed by atoms with Gasteiger partial charge < -0.3 is 14.4 Å². The predicted molar refractivity (Wildman–Crippen MR) is 187 cm³/mol. The number of fused-ring (bicyclic) bond motifs is 3. The van der Waals surface area contributed by atoms with E-state index in [2.05, 4.69) is 26.2 Å². The molecule has 4 saturated heterocycles. The standard InChI is InChI=1S/C38H40F3N7O3/c1-2-27-30(40)11-10-24-18-26(51-37(49)46-14-6-4-7-15-46)19-28(31(24)27)33-32(41)34-29(21-42-33)35(48-17-8-3-5-13-43-48)45-36(44-34)50-23-38-12-9-16-47(38)22-25(39)20-38/h1,10-11,18-19,21,25,43H,3-9,12-17,20,22-23H2/t25-,38+/m1/s1. The van der Waals surface area contributed by atoms with Gasteiger partial charge in [-0.2, -0.15) is 9.97 Å². The van der Waals surface area contributed by atoms with Gasteiger partial charge in [-0.15, -0.1) is 6.42 Å². The number of likely N-dealkylation sites (tertiary alicyclic amines) is 1. The van der Waals surface area contributed by atoms with E-state index in [4.69, 9.17) is 20.9 Å². The molecule has 8 rings (SSSR count). The molecule has 2 atom stereocenters. The number of alkyl halides is 1. The van der Waals surface area contributed by atoms with E-state index in [9.17, 15) is 9.18 Å². The number of amides is 1. The smallest absolute Gasteiger partial charge is 0.415 e. The number of nitrogens with one attached hydrogen (secondary N) is 1. The molecular formula is C38H40F3N7O3. The maximum absolute atomic E-state index is 17.2. The Kier molecular flexibility index (Phi) is 9.06. The molecule has 4 fully saturated rings. The number of hydrogen-bond acceptors (Lipinski definition) is 9. The maximum Gasteiger partial charge on any atom is 0.415 e. The second-order valence-electron chi connectivity index (χ2n) is 14.0. The number of piperidine rings is 1. The molecular weight excluding hydrogens is 659 g/mol. The summed E-state index contributed by atoms with van der Waals surface area (Å²) in [4.78, 5) is 30.8. The van der Waals surface area contributed by atoms with Crippen LogP contribution in [0.2, 0.25) is 0 Å². The third-order valence-electron chi connectivity index (χ3n) is 10.8. The van der Waals surface area contributed by atoms with Crippen LogP contribution in [0, 0.1) is 24.0 Å². The molecule has 13 heteroatoms. The molecule has 2 aromatic carbocycles. The summed E-state index contributed by atoms with van der Waals surface area (Å²) in [5.74, 6) is 1.53. The van der Waals surface area contributed by atoms with E-state index in [1.807, 2.05) is 5.01 Å². The van der Waals surface area contributed by atoms with E-state index in [1.54, 1.807) is 11.0 Å². The van der Waals surface area contributed by atoms with Crippen LogP contribution in [0.3, 0.4) is 0 Å². The molecule has 0 bridgehead atoms. The van der Waals surface area contributed by atoms with Crippen LogP contribution in [0.5, 0.6) is 11.8 Å². The lowest BCUT2D eigenvalue weighted by molar-refractivity contribution is 0.107. The van der Waals surface area contributed by atoms with Crippen LogP contribution in [0.1, 0.15) is 63.4 Å². The SMILES string of the molecule is C#Cc1c(F)ccc2cc(OC(=O)N3CCCCC3)cc(-c3ncc4c(N5CCCCCN5)nc(OC[C@@]56CCCN5C[C@H](F)C6)nc4c3F)c12. The topological polar surface area (TPSA) is 96.0 Å². The van der Waals surface area contributed by atoms with Crippen molar-refractivity contribution in [2.75, 3.05) is 50.9 Å². The lowest BCUT2D eigenvalue weighted by atomic mass is 9.95. The van der Waals surface area contributed by atoms with Gasteiger partial charge in [-0.05, 0) is 75.1 Å². The Morgan fingerprint density at radius 2 is 1.86 bits per heavy atom. The highest BCUT2D eigenvalue weighted by Gasteiger charge is 2.49. The van der Waals surface area contributed by atoms with Gasteiger partial charge in [-0.25, -0.2) is 23.4 Å². The number of hydrogen-bond donors (Lipinski definition) is 1. The van der Waals surface area contributed by atoms with Crippen molar-refractivity contribution in [1.29, 1.82) is 0 Å². The number of carbonyl (C=O) groups excluding carboxylic acids is 1. The number of nitrogens with zero attached hydrogens (tertiary/aromatic N) is 6. The zero-order valence-corrected chi connectivity index (χ0v) is 28.4. The van der Waals surface area contributed by atoms with Gasteiger partial charge in [0.2, 0.25) is 0 Å². The van der Waals surface area contributed by atoms with Crippen LogP contribution in [0.4, 0.5) is 23.8 Å². The van der Waals surface area contributed by atoms with Crippen molar-refractivity contribution in [2.45, 2.75) is 69.5 Å². The summed E-state index contributed by atoms with van der Waals surface area (Å²) in [6.45, 7) is 3.84. The highest BCUT2D eigenvalue weighted by Crippen LogP contribution is 2.42. The lowest BCUT2D eigenvalue weighted by Gasteiger charge is -2.31. The lowest BCUT2D eigenvalue weighted by Crippen LogP contribution is -2.43. The first-order chi connectivity index (χ1) is 24.8. The van der Waals surface area contributed by atoms with E-state index >= 15 is 8.78 Å². The number of hydrazine groups is 1. The number of aromatic nitrogens is 3. The Hall–Kier alpha value is -4.67. The van der Waals surface area contributed by atoms with Gasteiger partial charge in [0.1, 0.15) is 35.6 Å². The third-order valence-corrected chi connectivity index (χ3v) is 10.8. The number of terminal acetylenes is 1. The van der Waals surface area contributed by atoms with E-state index in [-0.39, 0.29) is 46.1 Å².